The zero-order chi connectivity index (χ0) is 20.0. The van der Waals surface area contributed by atoms with Gasteiger partial charge in [-0.25, -0.2) is 0 Å². The molecule has 1 aromatic heterocycles. The maximum Gasteiger partial charge on any atom is 0.421 e. The summed E-state index contributed by atoms with van der Waals surface area (Å²) in [5.41, 5.74) is -1.74. The van der Waals surface area contributed by atoms with Gasteiger partial charge in [0, 0.05) is 24.8 Å². The average Bonchev–Trinajstić information content (AvgIpc) is 2.62. The molecule has 0 bridgehead atoms. The fraction of sp³-hybridized carbons (Fsp3) is 0.368. The van der Waals surface area contributed by atoms with Crippen molar-refractivity contribution in [3.05, 3.63) is 64.1 Å². The molecule has 2 aromatic rings. The van der Waals surface area contributed by atoms with Crippen LogP contribution >= 0.6 is 0 Å². The molecule has 1 aromatic carbocycles. The van der Waals surface area contributed by atoms with Crippen molar-refractivity contribution in [1.29, 1.82) is 0 Å². The second-order valence-electron chi connectivity index (χ2n) is 5.98. The molecule has 27 heavy (non-hydrogen) atoms. The van der Waals surface area contributed by atoms with Crippen LogP contribution in [0.3, 0.4) is 0 Å². The first-order valence-electron chi connectivity index (χ1n) is 8.44. The van der Waals surface area contributed by atoms with Gasteiger partial charge >= 0.3 is 6.18 Å². The highest BCUT2D eigenvalue weighted by atomic mass is 19.4. The van der Waals surface area contributed by atoms with Crippen molar-refractivity contribution in [3.63, 3.8) is 0 Å². The van der Waals surface area contributed by atoms with Crippen LogP contribution in [0.1, 0.15) is 24.5 Å². The molecule has 5 nitrogen and oxygen atoms in total. The lowest BCUT2D eigenvalue weighted by Crippen LogP contribution is -2.38. The Morgan fingerprint density at radius 1 is 1.19 bits per heavy atom. The maximum atomic E-state index is 12.9. The topological polar surface area (TPSA) is 51.5 Å². The monoisotopic (exact) mass is 382 g/mol. The number of aromatic nitrogens is 1. The van der Waals surface area contributed by atoms with E-state index in [2.05, 4.69) is 0 Å². The van der Waals surface area contributed by atoms with Crippen molar-refractivity contribution in [2.45, 2.75) is 32.6 Å². The summed E-state index contributed by atoms with van der Waals surface area (Å²) in [6.07, 6.45) is -2.91. The number of para-hydroxylation sites is 1. The Labute approximate surface area is 155 Å². The zero-order valence-electron chi connectivity index (χ0n) is 15.1. The number of halogens is 3. The Balaban J connectivity index is 2.24. The summed E-state index contributed by atoms with van der Waals surface area (Å²) in [5, 5.41) is 0. The van der Waals surface area contributed by atoms with Gasteiger partial charge in [-0.05, 0) is 24.6 Å². The van der Waals surface area contributed by atoms with Crippen molar-refractivity contribution in [2.75, 3.05) is 13.7 Å². The standard InChI is InChI=1S/C19H21F3N2O3/c1-3-10-23(12-14-7-4-5-9-16(14)27-2)17(25)13-24-11-6-8-15(18(24)26)19(20,21)22/h4-9,11H,3,10,12-13H2,1-2H3. The van der Waals surface area contributed by atoms with E-state index in [1.54, 1.807) is 12.1 Å². The Bertz CT molecular complexity index is 847. The second-order valence-corrected chi connectivity index (χ2v) is 5.98. The molecule has 1 amide bonds. The van der Waals surface area contributed by atoms with E-state index < -0.39 is 29.8 Å². The molecule has 0 aliphatic rings. The summed E-state index contributed by atoms with van der Waals surface area (Å²) in [6.45, 7) is 2.08. The number of hydrogen-bond donors (Lipinski definition) is 0. The average molecular weight is 382 g/mol. The fourth-order valence-corrected chi connectivity index (χ4v) is 2.72. The van der Waals surface area contributed by atoms with E-state index in [0.29, 0.717) is 24.8 Å². The van der Waals surface area contributed by atoms with Crippen LogP contribution in [0.5, 0.6) is 5.75 Å². The van der Waals surface area contributed by atoms with E-state index in [0.717, 1.165) is 16.2 Å². The Morgan fingerprint density at radius 2 is 1.89 bits per heavy atom. The van der Waals surface area contributed by atoms with E-state index in [1.807, 2.05) is 19.1 Å². The molecule has 0 aliphatic heterocycles. The second kappa shape index (κ2) is 8.75. The maximum absolute atomic E-state index is 12.9. The van der Waals surface area contributed by atoms with Crippen LogP contribution in [-0.4, -0.2) is 29.0 Å². The summed E-state index contributed by atoms with van der Waals surface area (Å²) in [6, 6.07) is 9.01. The SMILES string of the molecule is CCCN(Cc1ccccc1OC)C(=O)Cn1cccc(C(F)(F)F)c1=O. The van der Waals surface area contributed by atoms with Gasteiger partial charge in [0.2, 0.25) is 5.91 Å². The van der Waals surface area contributed by atoms with Crippen LogP contribution in [0.4, 0.5) is 13.2 Å². The zero-order valence-corrected chi connectivity index (χ0v) is 15.1. The van der Waals surface area contributed by atoms with E-state index in [-0.39, 0.29) is 6.54 Å². The van der Waals surface area contributed by atoms with E-state index in [9.17, 15) is 22.8 Å². The van der Waals surface area contributed by atoms with Gasteiger partial charge in [0.05, 0.1) is 7.11 Å². The highest BCUT2D eigenvalue weighted by Gasteiger charge is 2.34. The van der Waals surface area contributed by atoms with E-state index >= 15 is 0 Å². The van der Waals surface area contributed by atoms with Crippen molar-refractivity contribution >= 4 is 5.91 Å². The Hall–Kier alpha value is -2.77. The molecule has 0 atom stereocenters. The number of hydrogen-bond acceptors (Lipinski definition) is 3. The molecule has 146 valence electrons. The first-order chi connectivity index (χ1) is 12.8. The number of ether oxygens (including phenoxy) is 1. The number of pyridine rings is 1. The van der Waals surface area contributed by atoms with Gasteiger partial charge in [0.15, 0.2) is 0 Å². The van der Waals surface area contributed by atoms with Crippen LogP contribution < -0.4 is 10.3 Å². The number of nitrogens with zero attached hydrogens (tertiary/aromatic N) is 2. The molecule has 0 unspecified atom stereocenters. The third-order valence-electron chi connectivity index (χ3n) is 4.03. The summed E-state index contributed by atoms with van der Waals surface area (Å²) >= 11 is 0. The quantitative estimate of drug-likeness (QED) is 0.738. The highest BCUT2D eigenvalue weighted by Crippen LogP contribution is 2.26. The van der Waals surface area contributed by atoms with Gasteiger partial charge in [0.25, 0.3) is 5.56 Å². The molecule has 0 fully saturated rings. The van der Waals surface area contributed by atoms with Crippen molar-refractivity contribution in [3.8, 4) is 5.75 Å². The molecular weight excluding hydrogens is 361 g/mol. The van der Waals surface area contributed by atoms with Gasteiger partial charge in [-0.15, -0.1) is 0 Å². The Kier molecular flexibility index (Phi) is 6.65. The number of carbonyl (C=O) groups is 1. The fourth-order valence-electron chi connectivity index (χ4n) is 2.72. The van der Waals surface area contributed by atoms with Crippen LogP contribution in [-0.2, 0) is 24.1 Å². The van der Waals surface area contributed by atoms with Crippen LogP contribution in [0.25, 0.3) is 0 Å². The summed E-state index contributed by atoms with van der Waals surface area (Å²) in [4.78, 5) is 26.2. The smallest absolute Gasteiger partial charge is 0.421 e. The number of methoxy groups -OCH3 is 1. The van der Waals surface area contributed by atoms with Crippen LogP contribution in [0.2, 0.25) is 0 Å². The minimum absolute atomic E-state index is 0.240. The lowest BCUT2D eigenvalue weighted by atomic mass is 10.2. The van der Waals surface area contributed by atoms with Gasteiger partial charge in [-0.1, -0.05) is 25.1 Å². The van der Waals surface area contributed by atoms with Gasteiger partial charge in [-0.3, -0.25) is 9.59 Å². The van der Waals surface area contributed by atoms with E-state index in [4.69, 9.17) is 4.74 Å². The molecule has 1 heterocycles. The largest absolute Gasteiger partial charge is 0.496 e. The number of benzene rings is 1. The van der Waals surface area contributed by atoms with Crippen LogP contribution in [0, 0.1) is 0 Å². The Morgan fingerprint density at radius 3 is 2.52 bits per heavy atom. The minimum Gasteiger partial charge on any atom is -0.496 e. The predicted molar refractivity (Wildman–Crippen MR) is 94.4 cm³/mol. The number of alkyl halides is 3. The lowest BCUT2D eigenvalue weighted by Gasteiger charge is -2.24. The van der Waals surface area contributed by atoms with Gasteiger partial charge in [0.1, 0.15) is 17.9 Å². The molecule has 0 N–H and O–H groups in total. The first-order valence-corrected chi connectivity index (χ1v) is 8.44. The molecule has 0 aliphatic carbocycles. The molecule has 0 saturated heterocycles. The lowest BCUT2D eigenvalue weighted by molar-refractivity contribution is -0.139. The van der Waals surface area contributed by atoms with Crippen LogP contribution in [0.15, 0.2) is 47.4 Å². The number of carbonyl (C=O) groups excluding carboxylic acids is 1. The third kappa shape index (κ3) is 5.12. The number of rotatable bonds is 7. The molecule has 2 rings (SSSR count). The number of amides is 1. The van der Waals surface area contributed by atoms with Crippen molar-refractivity contribution in [1.82, 2.24) is 9.47 Å². The molecule has 8 heteroatoms. The summed E-state index contributed by atoms with van der Waals surface area (Å²) in [7, 11) is 1.52. The summed E-state index contributed by atoms with van der Waals surface area (Å²) < 4.78 is 44.7. The molecular formula is C19H21F3N2O3. The van der Waals surface area contributed by atoms with Crippen molar-refractivity contribution < 1.29 is 22.7 Å². The highest BCUT2D eigenvalue weighted by molar-refractivity contribution is 5.76. The molecule has 0 saturated carbocycles. The van der Waals surface area contributed by atoms with E-state index in [1.165, 1.54) is 18.2 Å². The first kappa shape index (κ1) is 20.5. The molecule has 0 spiro atoms. The predicted octanol–water partition coefficient (Wildman–Crippen LogP) is 3.31. The minimum atomic E-state index is -4.76. The normalized spacial score (nSPS) is 11.3. The van der Waals surface area contributed by atoms with Gasteiger partial charge in [-0.2, -0.15) is 13.2 Å². The summed E-state index contributed by atoms with van der Waals surface area (Å²) in [5.74, 6) is 0.173. The van der Waals surface area contributed by atoms with Gasteiger partial charge < -0.3 is 14.2 Å². The molecule has 0 radical (unpaired) electrons. The third-order valence-corrected chi connectivity index (χ3v) is 4.03. The van der Waals surface area contributed by atoms with Crippen molar-refractivity contribution in [2.24, 2.45) is 0 Å².